The predicted molar refractivity (Wildman–Crippen MR) is 113 cm³/mol. The van der Waals surface area contributed by atoms with E-state index in [0.717, 1.165) is 5.56 Å². The number of nitrogens with zero attached hydrogens (tertiary/aromatic N) is 1. The molecule has 6 heteroatoms. The van der Waals surface area contributed by atoms with E-state index in [-0.39, 0.29) is 12.5 Å². The number of para-hydroxylation sites is 1. The Morgan fingerprint density at radius 2 is 1.77 bits per heavy atom. The van der Waals surface area contributed by atoms with Crippen LogP contribution >= 0.6 is 0 Å². The fourth-order valence-electron chi connectivity index (χ4n) is 3.15. The van der Waals surface area contributed by atoms with Gasteiger partial charge in [-0.15, -0.1) is 0 Å². The molecule has 0 aliphatic rings. The van der Waals surface area contributed by atoms with Gasteiger partial charge in [0.25, 0.3) is 5.91 Å². The van der Waals surface area contributed by atoms with E-state index >= 15 is 0 Å². The lowest BCUT2D eigenvalue weighted by Crippen LogP contribution is -2.30. The van der Waals surface area contributed by atoms with Crippen molar-refractivity contribution in [1.29, 1.82) is 0 Å². The van der Waals surface area contributed by atoms with Gasteiger partial charge in [0.05, 0.1) is 17.3 Å². The molecule has 0 bridgehead atoms. The van der Waals surface area contributed by atoms with Crippen molar-refractivity contribution in [3.63, 3.8) is 0 Å². The third-order valence-corrected chi connectivity index (χ3v) is 4.62. The van der Waals surface area contributed by atoms with Gasteiger partial charge in [0, 0.05) is 11.9 Å². The van der Waals surface area contributed by atoms with Crippen LogP contribution in [0.25, 0.3) is 22.4 Å². The van der Waals surface area contributed by atoms with Crippen molar-refractivity contribution in [2.75, 3.05) is 13.2 Å². The summed E-state index contributed by atoms with van der Waals surface area (Å²) in [5, 5.41) is 3.42. The molecule has 1 amide bonds. The topological polar surface area (TPSA) is 81.4 Å². The van der Waals surface area contributed by atoms with Crippen molar-refractivity contribution >= 4 is 22.8 Å². The third-order valence-electron chi connectivity index (χ3n) is 4.62. The average Bonchev–Trinajstić information content (AvgIpc) is 3.32. The molecule has 0 aliphatic carbocycles. The minimum Gasteiger partial charge on any atom is -0.463 e. The molecule has 0 unspecified atom stereocenters. The van der Waals surface area contributed by atoms with E-state index < -0.39 is 5.97 Å². The summed E-state index contributed by atoms with van der Waals surface area (Å²) in [5.74, 6) is -0.378. The molecule has 0 radical (unpaired) electrons. The molecule has 2 aromatic carbocycles. The van der Waals surface area contributed by atoms with Gasteiger partial charge in [0.15, 0.2) is 12.4 Å². The smallest absolute Gasteiger partial charge is 0.339 e. The molecule has 2 aromatic heterocycles. The van der Waals surface area contributed by atoms with Gasteiger partial charge in [-0.3, -0.25) is 4.79 Å². The number of furan rings is 1. The molecule has 4 rings (SSSR count). The second-order valence-corrected chi connectivity index (χ2v) is 6.71. The third kappa shape index (κ3) is 4.55. The fourth-order valence-corrected chi connectivity index (χ4v) is 3.15. The number of ether oxygens (including phenoxy) is 1. The Morgan fingerprint density at radius 3 is 2.57 bits per heavy atom. The highest BCUT2D eigenvalue weighted by Gasteiger charge is 2.17. The van der Waals surface area contributed by atoms with Crippen LogP contribution in [0.2, 0.25) is 0 Å². The first kappa shape index (κ1) is 19.4. The molecule has 150 valence electrons. The van der Waals surface area contributed by atoms with Crippen molar-refractivity contribution in [2.24, 2.45) is 0 Å². The number of hydrogen-bond donors (Lipinski definition) is 1. The Kier molecular flexibility index (Phi) is 5.85. The van der Waals surface area contributed by atoms with Crippen molar-refractivity contribution in [1.82, 2.24) is 10.3 Å². The van der Waals surface area contributed by atoms with Crippen LogP contribution in [0.15, 0.2) is 83.5 Å². The zero-order chi connectivity index (χ0) is 20.8. The highest BCUT2D eigenvalue weighted by molar-refractivity contribution is 6.05. The summed E-state index contributed by atoms with van der Waals surface area (Å²) in [4.78, 5) is 29.3. The fraction of sp³-hybridized carbons (Fsp3) is 0.125. The lowest BCUT2D eigenvalue weighted by molar-refractivity contribution is -0.124. The Balaban J connectivity index is 1.42. The second-order valence-electron chi connectivity index (χ2n) is 6.71. The maximum atomic E-state index is 12.7. The minimum absolute atomic E-state index is 0.337. The van der Waals surface area contributed by atoms with Crippen molar-refractivity contribution in [2.45, 2.75) is 6.42 Å². The Hall–Kier alpha value is -3.93. The van der Waals surface area contributed by atoms with Crippen LogP contribution in [-0.4, -0.2) is 30.0 Å². The number of aromatic nitrogens is 1. The second kappa shape index (κ2) is 9.05. The summed E-state index contributed by atoms with van der Waals surface area (Å²) in [6.45, 7) is 0.127. The molecule has 1 N–H and O–H groups in total. The van der Waals surface area contributed by atoms with E-state index in [0.29, 0.717) is 40.9 Å². The van der Waals surface area contributed by atoms with E-state index in [1.165, 1.54) is 0 Å². The number of nitrogens with one attached hydrogen (secondary N) is 1. The molecular formula is C24H20N2O4. The summed E-state index contributed by atoms with van der Waals surface area (Å²) >= 11 is 0. The van der Waals surface area contributed by atoms with Gasteiger partial charge in [0.1, 0.15) is 5.69 Å². The average molecular weight is 400 g/mol. The van der Waals surface area contributed by atoms with Gasteiger partial charge >= 0.3 is 5.97 Å². The minimum atomic E-state index is -0.584. The Labute approximate surface area is 173 Å². The molecule has 30 heavy (non-hydrogen) atoms. The van der Waals surface area contributed by atoms with Crippen LogP contribution in [0.3, 0.4) is 0 Å². The van der Waals surface area contributed by atoms with Crippen molar-refractivity contribution in [3.8, 4) is 11.5 Å². The lowest BCUT2D eigenvalue weighted by Gasteiger charge is -2.10. The maximum Gasteiger partial charge on any atom is 0.339 e. The highest BCUT2D eigenvalue weighted by atomic mass is 16.5. The number of fused-ring (bicyclic) bond motifs is 1. The summed E-state index contributed by atoms with van der Waals surface area (Å²) < 4.78 is 10.7. The first-order chi connectivity index (χ1) is 14.7. The van der Waals surface area contributed by atoms with Gasteiger partial charge in [-0.05, 0) is 36.2 Å². The molecule has 0 fully saturated rings. The monoisotopic (exact) mass is 400 g/mol. The van der Waals surface area contributed by atoms with Crippen LogP contribution in [0, 0.1) is 0 Å². The first-order valence-corrected chi connectivity index (χ1v) is 9.62. The number of amides is 1. The summed E-state index contributed by atoms with van der Waals surface area (Å²) in [6.07, 6.45) is 2.26. The van der Waals surface area contributed by atoms with Crippen LogP contribution in [0.1, 0.15) is 15.9 Å². The normalized spacial score (nSPS) is 10.7. The molecule has 0 saturated heterocycles. The van der Waals surface area contributed by atoms with Crippen LogP contribution < -0.4 is 5.32 Å². The molecule has 0 aliphatic heterocycles. The highest BCUT2D eigenvalue weighted by Crippen LogP contribution is 2.25. The zero-order valence-electron chi connectivity index (χ0n) is 16.2. The van der Waals surface area contributed by atoms with Gasteiger partial charge in [0.2, 0.25) is 0 Å². The molecule has 6 nitrogen and oxygen atoms in total. The Bertz CT molecular complexity index is 1150. The van der Waals surface area contributed by atoms with Gasteiger partial charge in [-0.25, -0.2) is 9.78 Å². The number of benzene rings is 2. The Morgan fingerprint density at radius 1 is 0.967 bits per heavy atom. The van der Waals surface area contributed by atoms with E-state index in [9.17, 15) is 9.59 Å². The number of pyridine rings is 1. The number of carbonyl (C=O) groups excluding carboxylic acids is 2. The quantitative estimate of drug-likeness (QED) is 0.474. The van der Waals surface area contributed by atoms with Crippen molar-refractivity contribution < 1.29 is 18.7 Å². The number of hydrogen-bond acceptors (Lipinski definition) is 5. The summed E-state index contributed by atoms with van der Waals surface area (Å²) in [7, 11) is 0. The summed E-state index contributed by atoms with van der Waals surface area (Å²) in [5.41, 5.74) is 2.64. The van der Waals surface area contributed by atoms with Crippen molar-refractivity contribution in [3.05, 3.63) is 90.2 Å². The lowest BCUT2D eigenvalue weighted by atomic mass is 10.1. The van der Waals surface area contributed by atoms with E-state index in [4.69, 9.17) is 9.15 Å². The molecule has 0 atom stereocenters. The van der Waals surface area contributed by atoms with Gasteiger partial charge < -0.3 is 14.5 Å². The molecule has 4 aromatic rings. The zero-order valence-corrected chi connectivity index (χ0v) is 16.2. The molecular weight excluding hydrogens is 380 g/mol. The number of esters is 1. The van der Waals surface area contributed by atoms with Gasteiger partial charge in [-0.1, -0.05) is 48.5 Å². The van der Waals surface area contributed by atoms with Crippen LogP contribution in [0.4, 0.5) is 0 Å². The largest absolute Gasteiger partial charge is 0.463 e. The number of carbonyl (C=O) groups is 2. The van der Waals surface area contributed by atoms with Gasteiger partial charge in [-0.2, -0.15) is 0 Å². The van der Waals surface area contributed by atoms with E-state index in [2.05, 4.69) is 10.3 Å². The molecule has 0 saturated carbocycles. The maximum absolute atomic E-state index is 12.7. The van der Waals surface area contributed by atoms with Crippen LogP contribution in [-0.2, 0) is 16.0 Å². The predicted octanol–water partition coefficient (Wildman–Crippen LogP) is 4.01. The molecule has 2 heterocycles. The SMILES string of the molecule is O=C(COC(=O)c1cc(-c2ccco2)nc2ccccc12)NCCc1ccccc1. The summed E-state index contributed by atoms with van der Waals surface area (Å²) in [6, 6.07) is 22.3. The van der Waals surface area contributed by atoms with E-state index in [1.54, 1.807) is 30.5 Å². The number of rotatable bonds is 7. The standard InChI is InChI=1S/C24H20N2O4/c27-23(25-13-12-17-7-2-1-3-8-17)16-30-24(28)19-15-21(22-11-6-14-29-22)26-20-10-5-4-9-18(19)20/h1-11,14-15H,12-13,16H2,(H,25,27). The van der Waals surface area contributed by atoms with E-state index in [1.807, 2.05) is 48.5 Å². The first-order valence-electron chi connectivity index (χ1n) is 9.62. The van der Waals surface area contributed by atoms with Crippen LogP contribution in [0.5, 0.6) is 0 Å². The molecule has 0 spiro atoms.